The molecule has 25 heavy (non-hydrogen) atoms. The van der Waals surface area contributed by atoms with Gasteiger partial charge in [-0.15, -0.1) is 0 Å². The van der Waals surface area contributed by atoms with Crippen molar-refractivity contribution in [2.24, 2.45) is 5.92 Å². The van der Waals surface area contributed by atoms with Gasteiger partial charge < -0.3 is 20.1 Å². The molecular formula is C17H25N5O3. The fourth-order valence-electron chi connectivity index (χ4n) is 3.28. The Morgan fingerprint density at radius 3 is 3.08 bits per heavy atom. The number of carboxylic acid groups (broad SMARTS) is 1. The van der Waals surface area contributed by atoms with Crippen LogP contribution in [0.3, 0.4) is 0 Å². The number of rotatable bonds is 6. The van der Waals surface area contributed by atoms with Gasteiger partial charge in [-0.2, -0.15) is 0 Å². The van der Waals surface area contributed by atoms with Gasteiger partial charge in [0.25, 0.3) is 0 Å². The van der Waals surface area contributed by atoms with E-state index >= 15 is 0 Å². The summed E-state index contributed by atoms with van der Waals surface area (Å²) >= 11 is 0. The van der Waals surface area contributed by atoms with Gasteiger partial charge >= 0.3 is 6.09 Å². The molecule has 3 heterocycles. The molecule has 2 atom stereocenters. The van der Waals surface area contributed by atoms with Gasteiger partial charge in [-0.3, -0.25) is 4.57 Å². The van der Waals surface area contributed by atoms with E-state index < -0.39 is 6.09 Å². The topological polar surface area (TPSA) is 92.5 Å². The third-order valence-corrected chi connectivity index (χ3v) is 4.66. The quantitative estimate of drug-likeness (QED) is 0.779. The maximum atomic E-state index is 11.2. The highest BCUT2D eigenvalue weighted by Gasteiger charge is 2.29. The highest BCUT2D eigenvalue weighted by Crippen LogP contribution is 2.23. The molecule has 0 spiro atoms. The van der Waals surface area contributed by atoms with Crippen LogP contribution in [0.4, 0.5) is 10.7 Å². The summed E-state index contributed by atoms with van der Waals surface area (Å²) in [4.78, 5) is 21.7. The third-order valence-electron chi connectivity index (χ3n) is 4.66. The molecule has 1 aliphatic rings. The number of carbonyl (C=O) groups is 1. The van der Waals surface area contributed by atoms with Gasteiger partial charge in [0.15, 0.2) is 5.65 Å². The summed E-state index contributed by atoms with van der Waals surface area (Å²) in [6.07, 6.45) is 1.67. The molecular weight excluding hydrogens is 322 g/mol. The van der Waals surface area contributed by atoms with Gasteiger partial charge in [-0.25, -0.2) is 14.8 Å². The molecule has 0 radical (unpaired) electrons. The normalized spacial score (nSPS) is 20.8. The number of nitrogens with one attached hydrogen (secondary N) is 1. The fourth-order valence-corrected chi connectivity index (χ4v) is 3.28. The number of likely N-dealkylation sites (tertiary alicyclic amines) is 1. The lowest BCUT2D eigenvalue weighted by atomic mass is 9.94. The summed E-state index contributed by atoms with van der Waals surface area (Å²) in [5.74, 6) is 0.979. The predicted octanol–water partition coefficient (Wildman–Crippen LogP) is 2.27. The predicted molar refractivity (Wildman–Crippen MR) is 94.8 cm³/mol. The number of amides is 1. The van der Waals surface area contributed by atoms with Crippen LogP contribution in [0.25, 0.3) is 11.2 Å². The first kappa shape index (κ1) is 17.5. The minimum Gasteiger partial charge on any atom is -0.465 e. The first-order chi connectivity index (χ1) is 12.1. The van der Waals surface area contributed by atoms with Crippen LogP contribution < -0.4 is 5.32 Å². The lowest BCUT2D eigenvalue weighted by Crippen LogP contribution is -2.47. The largest absolute Gasteiger partial charge is 0.465 e. The summed E-state index contributed by atoms with van der Waals surface area (Å²) < 4.78 is 7.53. The molecule has 8 nitrogen and oxygen atoms in total. The second kappa shape index (κ2) is 7.69. The number of ether oxygens (including phenoxy) is 1. The van der Waals surface area contributed by atoms with Crippen molar-refractivity contribution in [2.45, 2.75) is 32.9 Å². The van der Waals surface area contributed by atoms with Crippen molar-refractivity contribution in [1.29, 1.82) is 0 Å². The summed E-state index contributed by atoms with van der Waals surface area (Å²) in [6, 6.07) is 4.00. The summed E-state index contributed by atoms with van der Waals surface area (Å²) in [6.45, 7) is 7.05. The third kappa shape index (κ3) is 3.84. The molecule has 3 rings (SSSR count). The highest BCUT2D eigenvalue weighted by atomic mass is 16.5. The van der Waals surface area contributed by atoms with E-state index in [4.69, 9.17) is 9.84 Å². The molecule has 0 aromatic carbocycles. The monoisotopic (exact) mass is 347 g/mol. The lowest BCUT2D eigenvalue weighted by Gasteiger charge is -2.36. The molecule has 0 saturated carbocycles. The Morgan fingerprint density at radius 1 is 1.52 bits per heavy atom. The molecule has 8 heteroatoms. The smallest absolute Gasteiger partial charge is 0.407 e. The molecule has 2 aromatic heterocycles. The van der Waals surface area contributed by atoms with E-state index in [0.29, 0.717) is 32.8 Å². The van der Waals surface area contributed by atoms with Crippen LogP contribution in [-0.4, -0.2) is 63.0 Å². The van der Waals surface area contributed by atoms with Crippen LogP contribution in [0, 0.1) is 5.92 Å². The molecule has 1 saturated heterocycles. The van der Waals surface area contributed by atoms with E-state index in [2.05, 4.69) is 22.2 Å². The summed E-state index contributed by atoms with van der Waals surface area (Å²) in [5, 5.41) is 12.7. The molecule has 0 bridgehead atoms. The van der Waals surface area contributed by atoms with E-state index in [0.717, 1.165) is 23.5 Å². The Labute approximate surface area is 146 Å². The Kier molecular flexibility index (Phi) is 5.37. The number of aromatic nitrogens is 3. The van der Waals surface area contributed by atoms with Gasteiger partial charge in [0, 0.05) is 31.9 Å². The molecule has 136 valence electrons. The second-order valence-corrected chi connectivity index (χ2v) is 6.38. The van der Waals surface area contributed by atoms with Crippen molar-refractivity contribution in [2.75, 3.05) is 31.6 Å². The van der Waals surface area contributed by atoms with E-state index in [1.807, 2.05) is 23.6 Å². The van der Waals surface area contributed by atoms with Gasteiger partial charge in [-0.1, -0.05) is 6.92 Å². The minimum atomic E-state index is -0.849. The molecule has 2 unspecified atom stereocenters. The second-order valence-electron chi connectivity index (χ2n) is 6.38. The van der Waals surface area contributed by atoms with Crippen molar-refractivity contribution >= 4 is 23.2 Å². The van der Waals surface area contributed by atoms with E-state index in [1.54, 1.807) is 6.20 Å². The SMILES string of the molecule is CCOCCn1c(NC2CCN(C(=O)O)CC2C)nc2cccnc21. The fraction of sp³-hybridized carbons (Fsp3) is 0.588. The maximum absolute atomic E-state index is 11.2. The molecule has 2 aromatic rings. The molecule has 1 aliphatic heterocycles. The first-order valence-electron chi connectivity index (χ1n) is 8.73. The average Bonchev–Trinajstić information content (AvgIpc) is 2.94. The highest BCUT2D eigenvalue weighted by molar-refractivity contribution is 5.74. The van der Waals surface area contributed by atoms with Crippen molar-refractivity contribution in [1.82, 2.24) is 19.4 Å². The van der Waals surface area contributed by atoms with E-state index in [-0.39, 0.29) is 12.0 Å². The van der Waals surface area contributed by atoms with Crippen LogP contribution >= 0.6 is 0 Å². The zero-order valence-electron chi connectivity index (χ0n) is 14.7. The number of imidazole rings is 1. The van der Waals surface area contributed by atoms with Crippen LogP contribution in [-0.2, 0) is 11.3 Å². The first-order valence-corrected chi connectivity index (χ1v) is 8.73. The van der Waals surface area contributed by atoms with Gasteiger partial charge in [0.1, 0.15) is 5.52 Å². The number of anilines is 1. The van der Waals surface area contributed by atoms with E-state index in [1.165, 1.54) is 4.90 Å². The number of hydrogen-bond acceptors (Lipinski definition) is 5. The summed E-state index contributed by atoms with van der Waals surface area (Å²) in [5.41, 5.74) is 1.68. The maximum Gasteiger partial charge on any atom is 0.407 e. The number of piperidine rings is 1. The van der Waals surface area contributed by atoms with Gasteiger partial charge in [0.05, 0.1) is 13.2 Å². The Bertz CT molecular complexity index is 732. The number of pyridine rings is 1. The van der Waals surface area contributed by atoms with Crippen molar-refractivity contribution < 1.29 is 14.6 Å². The minimum absolute atomic E-state index is 0.179. The standard InChI is InChI=1S/C17H25N5O3/c1-3-25-10-9-22-15-14(5-4-7-18-15)20-16(22)19-13-6-8-21(17(23)24)11-12(13)2/h4-5,7,12-13H,3,6,8-11H2,1-2H3,(H,19,20)(H,23,24). The zero-order chi connectivity index (χ0) is 17.8. The Hall–Kier alpha value is -2.35. The zero-order valence-corrected chi connectivity index (χ0v) is 14.7. The number of hydrogen-bond donors (Lipinski definition) is 2. The number of nitrogens with zero attached hydrogens (tertiary/aromatic N) is 4. The lowest BCUT2D eigenvalue weighted by molar-refractivity contribution is 0.119. The van der Waals surface area contributed by atoms with E-state index in [9.17, 15) is 4.79 Å². The molecule has 2 N–H and O–H groups in total. The van der Waals surface area contributed by atoms with Gasteiger partial charge in [-0.05, 0) is 31.4 Å². The van der Waals surface area contributed by atoms with Crippen molar-refractivity contribution in [3.8, 4) is 0 Å². The average molecular weight is 347 g/mol. The Morgan fingerprint density at radius 2 is 2.36 bits per heavy atom. The van der Waals surface area contributed by atoms with Crippen LogP contribution in [0.1, 0.15) is 20.3 Å². The van der Waals surface area contributed by atoms with Crippen molar-refractivity contribution in [3.63, 3.8) is 0 Å². The summed E-state index contributed by atoms with van der Waals surface area (Å²) in [7, 11) is 0. The number of fused-ring (bicyclic) bond motifs is 1. The van der Waals surface area contributed by atoms with Crippen LogP contribution in [0.2, 0.25) is 0 Å². The Balaban J connectivity index is 1.78. The van der Waals surface area contributed by atoms with Gasteiger partial charge in [0.2, 0.25) is 5.95 Å². The van der Waals surface area contributed by atoms with Crippen LogP contribution in [0.15, 0.2) is 18.3 Å². The molecule has 0 aliphatic carbocycles. The van der Waals surface area contributed by atoms with Crippen molar-refractivity contribution in [3.05, 3.63) is 18.3 Å². The van der Waals surface area contributed by atoms with Crippen LogP contribution in [0.5, 0.6) is 0 Å². The molecule has 1 amide bonds. The molecule has 1 fully saturated rings.